The van der Waals surface area contributed by atoms with Gasteiger partial charge in [-0.1, -0.05) is 6.07 Å². The van der Waals surface area contributed by atoms with Gasteiger partial charge in [-0.25, -0.2) is 18.4 Å². The number of aromatic nitrogens is 3. The highest BCUT2D eigenvalue weighted by molar-refractivity contribution is 7.90. The number of sulfonamides is 1. The van der Waals surface area contributed by atoms with E-state index in [1.165, 1.54) is 46.8 Å². The molecule has 0 radical (unpaired) electrons. The Kier molecular flexibility index (Phi) is 11.0. The fourth-order valence-electron chi connectivity index (χ4n) is 3.74. The number of hydrogen-bond acceptors (Lipinski definition) is 10. The number of aryl methyl sites for hydroxylation is 1. The van der Waals surface area contributed by atoms with Gasteiger partial charge in [-0.05, 0) is 51.5 Å². The minimum absolute atomic E-state index is 0.122. The second-order valence-electron chi connectivity index (χ2n) is 9.26. The number of nitrogens with zero attached hydrogens (tertiary/aromatic N) is 4. The summed E-state index contributed by atoms with van der Waals surface area (Å²) < 4.78 is 53.3. The van der Waals surface area contributed by atoms with Crippen molar-refractivity contribution >= 4 is 27.6 Å². The molecule has 3 aromatic rings. The predicted molar refractivity (Wildman–Crippen MR) is 156 cm³/mol. The minimum atomic E-state index is -4.34. The molecule has 14 nitrogen and oxygen atoms in total. The number of anilines is 1. The number of nitrogens with one attached hydrogen (secondary N) is 3. The lowest BCUT2D eigenvalue weighted by atomic mass is 10.1. The molecule has 2 heterocycles. The number of methoxy groups -OCH3 is 3. The molecule has 0 bridgehead atoms. The number of hydrogen-bond donors (Lipinski definition) is 3. The molecule has 15 heteroatoms. The van der Waals surface area contributed by atoms with E-state index in [2.05, 4.69) is 35.5 Å². The summed E-state index contributed by atoms with van der Waals surface area (Å²) in [6.07, 6.45) is 4.52. The molecular weight excluding hydrogens is 566 g/mol. The average Bonchev–Trinajstić information content (AvgIpc) is 2.98. The van der Waals surface area contributed by atoms with Gasteiger partial charge in [0.2, 0.25) is 5.96 Å². The zero-order valence-corrected chi connectivity index (χ0v) is 25.2. The summed E-state index contributed by atoms with van der Waals surface area (Å²) in [5.74, 6) is -0.248. The van der Waals surface area contributed by atoms with Crippen molar-refractivity contribution in [2.75, 3.05) is 26.6 Å². The van der Waals surface area contributed by atoms with Crippen molar-refractivity contribution in [2.45, 2.75) is 45.2 Å². The predicted octanol–water partition coefficient (Wildman–Crippen LogP) is 2.79. The van der Waals surface area contributed by atoms with E-state index in [9.17, 15) is 13.2 Å². The molecule has 0 unspecified atom stereocenters. The number of rotatable bonds is 11. The van der Waals surface area contributed by atoms with Crippen LogP contribution in [0.4, 0.5) is 5.69 Å². The SMILES string of the molecule is COc1ncc([C@H](OC(C)C)[C@H](C)S(=O)(=O)N=C(NNC(=O)c2cncc(C)c2)Nc2c(OC)cccc2OC)cn1. The highest BCUT2D eigenvalue weighted by Gasteiger charge is 2.33. The average molecular weight is 602 g/mol. The van der Waals surface area contributed by atoms with Gasteiger partial charge in [0, 0.05) is 30.4 Å². The van der Waals surface area contributed by atoms with Crippen molar-refractivity contribution in [1.82, 2.24) is 25.8 Å². The van der Waals surface area contributed by atoms with Crippen LogP contribution in [0.15, 0.2) is 53.5 Å². The summed E-state index contributed by atoms with van der Waals surface area (Å²) in [4.78, 5) is 25.0. The van der Waals surface area contributed by atoms with Gasteiger partial charge in [0.25, 0.3) is 15.9 Å². The minimum Gasteiger partial charge on any atom is -0.494 e. The monoisotopic (exact) mass is 601 g/mol. The van der Waals surface area contributed by atoms with E-state index in [1.54, 1.807) is 51.2 Å². The highest BCUT2D eigenvalue weighted by atomic mass is 32.2. The Balaban J connectivity index is 2.02. The van der Waals surface area contributed by atoms with Crippen LogP contribution in [0.2, 0.25) is 0 Å². The molecule has 3 rings (SSSR count). The zero-order valence-electron chi connectivity index (χ0n) is 24.4. The highest BCUT2D eigenvalue weighted by Crippen LogP contribution is 2.34. The molecule has 0 aliphatic rings. The van der Waals surface area contributed by atoms with Crippen molar-refractivity contribution < 1.29 is 32.2 Å². The normalized spacial score (nSPS) is 13.2. The summed E-state index contributed by atoms with van der Waals surface area (Å²) in [7, 11) is -0.0293. The number of carbonyl (C=O) groups excluding carboxylic acids is 1. The number of benzene rings is 1. The third-order valence-corrected chi connectivity index (χ3v) is 7.42. The number of carbonyl (C=O) groups is 1. The maximum absolute atomic E-state index is 13.7. The summed E-state index contributed by atoms with van der Waals surface area (Å²) >= 11 is 0. The van der Waals surface area contributed by atoms with E-state index in [0.29, 0.717) is 17.1 Å². The van der Waals surface area contributed by atoms with Gasteiger partial charge in [-0.2, -0.15) is 0 Å². The van der Waals surface area contributed by atoms with E-state index in [0.717, 1.165) is 5.56 Å². The van der Waals surface area contributed by atoms with Crippen LogP contribution in [0.1, 0.15) is 48.4 Å². The second-order valence-corrected chi connectivity index (χ2v) is 11.2. The second kappa shape index (κ2) is 14.4. The number of pyridine rings is 1. The van der Waals surface area contributed by atoms with Crippen molar-refractivity contribution in [1.29, 1.82) is 0 Å². The molecule has 0 saturated heterocycles. The molecule has 226 valence electrons. The summed E-state index contributed by atoms with van der Waals surface area (Å²) in [5.41, 5.74) is 6.72. The van der Waals surface area contributed by atoms with Crippen LogP contribution < -0.4 is 30.4 Å². The molecule has 0 fully saturated rings. The van der Waals surface area contributed by atoms with Crippen LogP contribution in [0.5, 0.6) is 17.5 Å². The van der Waals surface area contributed by atoms with Crippen molar-refractivity contribution in [3.8, 4) is 17.5 Å². The first kappa shape index (κ1) is 32.0. The van der Waals surface area contributed by atoms with Crippen molar-refractivity contribution in [3.05, 3.63) is 65.7 Å². The van der Waals surface area contributed by atoms with E-state index in [1.807, 2.05) is 0 Å². The quantitative estimate of drug-likeness (QED) is 0.167. The Labute approximate surface area is 244 Å². The van der Waals surface area contributed by atoms with E-state index < -0.39 is 27.3 Å². The van der Waals surface area contributed by atoms with Crippen LogP contribution >= 0.6 is 0 Å². The molecule has 0 spiro atoms. The molecule has 1 aromatic carbocycles. The fourth-order valence-corrected chi connectivity index (χ4v) is 4.78. The molecule has 42 heavy (non-hydrogen) atoms. The number of guanidine groups is 1. The van der Waals surface area contributed by atoms with Crippen LogP contribution in [0.25, 0.3) is 0 Å². The molecule has 3 N–H and O–H groups in total. The third-order valence-electron chi connectivity index (χ3n) is 5.80. The van der Waals surface area contributed by atoms with Gasteiger partial charge in [-0.3, -0.25) is 20.6 Å². The molecule has 0 saturated carbocycles. The van der Waals surface area contributed by atoms with Gasteiger partial charge in [-0.15, -0.1) is 4.40 Å². The van der Waals surface area contributed by atoms with Gasteiger partial charge < -0.3 is 24.3 Å². The molecular formula is C27H35N7O7S. The number of para-hydroxylation sites is 1. The first-order valence-corrected chi connectivity index (χ1v) is 14.3. The summed E-state index contributed by atoms with van der Waals surface area (Å²) in [6, 6.07) is 6.74. The molecule has 2 aromatic heterocycles. The van der Waals surface area contributed by atoms with Crippen molar-refractivity contribution in [2.24, 2.45) is 4.40 Å². The number of hydrazine groups is 1. The lowest BCUT2D eigenvalue weighted by Gasteiger charge is -2.25. The molecule has 1 amide bonds. The maximum atomic E-state index is 13.7. The lowest BCUT2D eigenvalue weighted by Crippen LogP contribution is -2.46. The van der Waals surface area contributed by atoms with E-state index in [-0.39, 0.29) is 29.3 Å². The summed E-state index contributed by atoms with van der Waals surface area (Å²) in [5, 5.41) is 1.66. The van der Waals surface area contributed by atoms with Gasteiger partial charge in [0.1, 0.15) is 28.5 Å². The van der Waals surface area contributed by atoms with Crippen molar-refractivity contribution in [3.63, 3.8) is 0 Å². The zero-order chi connectivity index (χ0) is 30.9. The van der Waals surface area contributed by atoms with Crippen LogP contribution in [-0.2, 0) is 14.8 Å². The first-order valence-electron chi connectivity index (χ1n) is 12.8. The Bertz CT molecular complexity index is 1480. The fraction of sp³-hybridized carbons (Fsp3) is 0.370. The Hall–Kier alpha value is -4.50. The lowest BCUT2D eigenvalue weighted by molar-refractivity contribution is 0.00605. The van der Waals surface area contributed by atoms with Crippen LogP contribution in [0, 0.1) is 6.92 Å². The maximum Gasteiger partial charge on any atom is 0.316 e. The van der Waals surface area contributed by atoms with Crippen LogP contribution in [-0.4, -0.2) is 67.9 Å². The molecule has 0 aliphatic carbocycles. The number of ether oxygens (including phenoxy) is 4. The standard InChI is InChI=1S/C27H35N7O7S/c1-16(2)41-24(20-14-29-27(40-7)30-15-20)18(4)42(36,37)34-26(31-23-21(38-5)9-8-10-22(23)39-6)33-32-25(35)19-11-17(3)12-28-13-19/h8-16,18,24H,1-7H3,(H,32,35)(H2,31,33,34)/t18-,24+/m0/s1. The van der Waals surface area contributed by atoms with Gasteiger partial charge >= 0.3 is 6.01 Å². The topological polar surface area (TPSA) is 175 Å². The summed E-state index contributed by atoms with van der Waals surface area (Å²) in [6.45, 7) is 6.79. The largest absolute Gasteiger partial charge is 0.494 e. The van der Waals surface area contributed by atoms with E-state index >= 15 is 0 Å². The smallest absolute Gasteiger partial charge is 0.316 e. The van der Waals surface area contributed by atoms with Gasteiger partial charge in [0.15, 0.2) is 0 Å². The molecule has 0 aliphatic heterocycles. The third kappa shape index (κ3) is 8.27. The molecule has 2 atom stereocenters. The first-order chi connectivity index (χ1) is 20.0. The number of amides is 1. The van der Waals surface area contributed by atoms with Crippen LogP contribution in [0.3, 0.4) is 0 Å². The Morgan fingerprint density at radius 2 is 1.57 bits per heavy atom. The van der Waals surface area contributed by atoms with Gasteiger partial charge in [0.05, 0.1) is 33.0 Å². The Morgan fingerprint density at radius 1 is 0.929 bits per heavy atom. The Morgan fingerprint density at radius 3 is 2.12 bits per heavy atom. The van der Waals surface area contributed by atoms with E-state index in [4.69, 9.17) is 18.9 Å².